The molecule has 0 amide bonds. The standard InChI is InChI=1S/C12H23N3/c1-3-4-8-14-12(11-13)6-5-9-15(2)10-7-12/h14H,5-11,13H2,1-2H3. The molecule has 0 radical (unpaired) electrons. The minimum atomic E-state index is 0.120. The van der Waals surface area contributed by atoms with Gasteiger partial charge in [-0.3, -0.25) is 5.32 Å². The van der Waals surface area contributed by atoms with Crippen LogP contribution in [0, 0.1) is 11.8 Å². The average molecular weight is 209 g/mol. The normalized spacial score (nSPS) is 27.9. The summed E-state index contributed by atoms with van der Waals surface area (Å²) >= 11 is 0. The van der Waals surface area contributed by atoms with Gasteiger partial charge in [-0.15, -0.1) is 5.92 Å². The number of likely N-dealkylation sites (tertiary alicyclic amines) is 1. The lowest BCUT2D eigenvalue weighted by molar-refractivity contribution is 0.292. The van der Waals surface area contributed by atoms with E-state index < -0.39 is 0 Å². The van der Waals surface area contributed by atoms with E-state index >= 15 is 0 Å². The summed E-state index contributed by atoms with van der Waals surface area (Å²) in [5.41, 5.74) is 6.03. The monoisotopic (exact) mass is 209 g/mol. The van der Waals surface area contributed by atoms with Gasteiger partial charge in [0.2, 0.25) is 0 Å². The first-order valence-electron chi connectivity index (χ1n) is 5.76. The zero-order valence-corrected chi connectivity index (χ0v) is 9.97. The first-order valence-corrected chi connectivity index (χ1v) is 5.76. The molecular weight excluding hydrogens is 186 g/mol. The number of nitrogens with zero attached hydrogens (tertiary/aromatic N) is 1. The van der Waals surface area contributed by atoms with Gasteiger partial charge in [-0.2, -0.15) is 0 Å². The summed E-state index contributed by atoms with van der Waals surface area (Å²) in [5, 5.41) is 3.52. The molecule has 0 aromatic heterocycles. The van der Waals surface area contributed by atoms with Gasteiger partial charge in [0.25, 0.3) is 0 Å². The second-order valence-electron chi connectivity index (χ2n) is 4.42. The lowest BCUT2D eigenvalue weighted by Gasteiger charge is -2.32. The molecule has 1 aliphatic rings. The van der Waals surface area contributed by atoms with Crippen LogP contribution in [-0.4, -0.2) is 43.7 Å². The van der Waals surface area contributed by atoms with E-state index in [-0.39, 0.29) is 5.54 Å². The van der Waals surface area contributed by atoms with Crippen molar-refractivity contribution in [1.82, 2.24) is 10.2 Å². The van der Waals surface area contributed by atoms with E-state index in [2.05, 4.69) is 29.1 Å². The van der Waals surface area contributed by atoms with Crippen molar-refractivity contribution in [2.24, 2.45) is 5.73 Å². The van der Waals surface area contributed by atoms with Gasteiger partial charge in [-0.1, -0.05) is 5.92 Å². The minimum Gasteiger partial charge on any atom is -0.329 e. The zero-order valence-electron chi connectivity index (χ0n) is 9.97. The van der Waals surface area contributed by atoms with E-state index in [1.807, 2.05) is 6.92 Å². The molecule has 0 saturated carbocycles. The van der Waals surface area contributed by atoms with Crippen LogP contribution in [0.4, 0.5) is 0 Å². The number of nitrogens with one attached hydrogen (secondary N) is 1. The Labute approximate surface area is 93.4 Å². The average Bonchev–Trinajstić information content (AvgIpc) is 2.42. The highest BCUT2D eigenvalue weighted by Crippen LogP contribution is 2.20. The van der Waals surface area contributed by atoms with Crippen LogP contribution in [0.1, 0.15) is 26.2 Å². The van der Waals surface area contributed by atoms with Gasteiger partial charge in [0.05, 0.1) is 6.54 Å². The molecule has 1 heterocycles. The minimum absolute atomic E-state index is 0.120. The highest BCUT2D eigenvalue weighted by Gasteiger charge is 2.29. The van der Waals surface area contributed by atoms with Gasteiger partial charge in [-0.05, 0) is 46.3 Å². The number of hydrogen-bond donors (Lipinski definition) is 2. The van der Waals surface area contributed by atoms with Crippen molar-refractivity contribution < 1.29 is 0 Å². The van der Waals surface area contributed by atoms with Crippen molar-refractivity contribution in [3.63, 3.8) is 0 Å². The van der Waals surface area contributed by atoms with Crippen molar-refractivity contribution in [2.75, 3.05) is 33.2 Å². The van der Waals surface area contributed by atoms with Crippen LogP contribution in [0.15, 0.2) is 0 Å². The first kappa shape index (κ1) is 12.5. The third-order valence-corrected chi connectivity index (χ3v) is 3.29. The van der Waals surface area contributed by atoms with Gasteiger partial charge in [-0.25, -0.2) is 0 Å². The lowest BCUT2D eigenvalue weighted by atomic mass is 9.90. The molecule has 3 nitrogen and oxygen atoms in total. The van der Waals surface area contributed by atoms with Crippen LogP contribution in [-0.2, 0) is 0 Å². The van der Waals surface area contributed by atoms with Crippen molar-refractivity contribution in [3.8, 4) is 11.8 Å². The molecule has 0 spiro atoms. The van der Waals surface area contributed by atoms with Gasteiger partial charge >= 0.3 is 0 Å². The van der Waals surface area contributed by atoms with Gasteiger partial charge in [0, 0.05) is 12.1 Å². The Kier molecular flexibility index (Phi) is 5.10. The predicted molar refractivity (Wildman–Crippen MR) is 64.6 cm³/mol. The maximum atomic E-state index is 5.91. The SMILES string of the molecule is CC#CCNC1(CN)CCCN(C)CC1. The fourth-order valence-corrected chi connectivity index (χ4v) is 2.10. The largest absolute Gasteiger partial charge is 0.329 e. The summed E-state index contributed by atoms with van der Waals surface area (Å²) in [6.45, 7) is 5.66. The molecule has 3 N–H and O–H groups in total. The van der Waals surface area contributed by atoms with Crippen LogP contribution in [0.25, 0.3) is 0 Å². The zero-order chi connectivity index (χ0) is 11.1. The summed E-state index contributed by atoms with van der Waals surface area (Å²) in [6.07, 6.45) is 3.52. The number of nitrogens with two attached hydrogens (primary N) is 1. The summed E-state index contributed by atoms with van der Waals surface area (Å²) < 4.78 is 0. The fraction of sp³-hybridized carbons (Fsp3) is 0.833. The molecule has 0 bridgehead atoms. The Morgan fingerprint density at radius 2 is 2.20 bits per heavy atom. The Hall–Kier alpha value is -0.560. The third kappa shape index (κ3) is 3.83. The van der Waals surface area contributed by atoms with Crippen molar-refractivity contribution in [3.05, 3.63) is 0 Å². The Morgan fingerprint density at radius 1 is 1.40 bits per heavy atom. The Morgan fingerprint density at radius 3 is 2.87 bits per heavy atom. The van der Waals surface area contributed by atoms with E-state index in [0.717, 1.165) is 19.5 Å². The van der Waals surface area contributed by atoms with Crippen molar-refractivity contribution >= 4 is 0 Å². The van der Waals surface area contributed by atoms with E-state index in [1.165, 1.54) is 19.4 Å². The van der Waals surface area contributed by atoms with E-state index in [4.69, 9.17) is 5.73 Å². The van der Waals surface area contributed by atoms with E-state index in [9.17, 15) is 0 Å². The topological polar surface area (TPSA) is 41.3 Å². The van der Waals surface area contributed by atoms with Gasteiger partial charge < -0.3 is 10.6 Å². The van der Waals surface area contributed by atoms with Gasteiger partial charge in [0.15, 0.2) is 0 Å². The summed E-state index contributed by atoms with van der Waals surface area (Å²) in [4.78, 5) is 2.38. The van der Waals surface area contributed by atoms with Crippen LogP contribution in [0.2, 0.25) is 0 Å². The molecule has 15 heavy (non-hydrogen) atoms. The van der Waals surface area contributed by atoms with Crippen LogP contribution in [0.3, 0.4) is 0 Å². The maximum Gasteiger partial charge on any atom is 0.0581 e. The van der Waals surface area contributed by atoms with Crippen LogP contribution in [0.5, 0.6) is 0 Å². The predicted octanol–water partition coefficient (Wildman–Crippen LogP) is 0.413. The van der Waals surface area contributed by atoms with Crippen LogP contribution >= 0.6 is 0 Å². The lowest BCUT2D eigenvalue weighted by Crippen LogP contribution is -2.51. The fourth-order valence-electron chi connectivity index (χ4n) is 2.10. The summed E-state index contributed by atoms with van der Waals surface area (Å²) in [7, 11) is 2.18. The highest BCUT2D eigenvalue weighted by atomic mass is 15.1. The maximum absolute atomic E-state index is 5.91. The second-order valence-corrected chi connectivity index (χ2v) is 4.42. The molecule has 1 saturated heterocycles. The molecule has 1 atom stereocenters. The van der Waals surface area contributed by atoms with E-state index in [0.29, 0.717) is 6.54 Å². The Balaban J connectivity index is 2.52. The quantitative estimate of drug-likeness (QED) is 0.662. The van der Waals surface area contributed by atoms with Crippen LogP contribution < -0.4 is 11.1 Å². The third-order valence-electron chi connectivity index (χ3n) is 3.29. The molecular formula is C12H23N3. The first-order chi connectivity index (χ1) is 7.22. The molecule has 0 aromatic carbocycles. The molecule has 1 fully saturated rings. The Bertz CT molecular complexity index is 241. The van der Waals surface area contributed by atoms with Crippen molar-refractivity contribution in [2.45, 2.75) is 31.7 Å². The summed E-state index contributed by atoms with van der Waals surface area (Å²) in [6, 6.07) is 0. The number of hydrogen-bond acceptors (Lipinski definition) is 3. The van der Waals surface area contributed by atoms with E-state index in [1.54, 1.807) is 0 Å². The molecule has 86 valence electrons. The molecule has 0 aliphatic carbocycles. The molecule has 1 rings (SSSR count). The van der Waals surface area contributed by atoms with Gasteiger partial charge in [0.1, 0.15) is 0 Å². The number of rotatable bonds is 3. The van der Waals surface area contributed by atoms with Crippen molar-refractivity contribution in [1.29, 1.82) is 0 Å². The summed E-state index contributed by atoms with van der Waals surface area (Å²) in [5.74, 6) is 5.97. The molecule has 0 aromatic rings. The molecule has 1 aliphatic heterocycles. The molecule has 1 unspecified atom stereocenters. The molecule has 3 heteroatoms. The second kappa shape index (κ2) is 6.12. The highest BCUT2D eigenvalue weighted by molar-refractivity contribution is 5.01. The smallest absolute Gasteiger partial charge is 0.0581 e.